The topological polar surface area (TPSA) is 32.3 Å². The van der Waals surface area contributed by atoms with Crippen LogP contribution in [-0.4, -0.2) is 11.7 Å². The van der Waals surface area contributed by atoms with Crippen LogP contribution in [0, 0.1) is 6.92 Å². The number of nitrogens with one attached hydrogen (secondary N) is 1. The van der Waals surface area contributed by atoms with E-state index in [1.807, 2.05) is 43.3 Å². The highest BCUT2D eigenvalue weighted by atomic mass is 35.5. The molecule has 0 heterocycles. The van der Waals surface area contributed by atoms with Crippen molar-refractivity contribution in [3.8, 4) is 0 Å². The van der Waals surface area contributed by atoms with E-state index in [2.05, 4.69) is 5.32 Å². The first kappa shape index (κ1) is 14.2. The van der Waals surface area contributed by atoms with Crippen molar-refractivity contribution in [3.63, 3.8) is 0 Å². The summed E-state index contributed by atoms with van der Waals surface area (Å²) in [6.45, 7) is 2.32. The Morgan fingerprint density at radius 3 is 2.47 bits per heavy atom. The van der Waals surface area contributed by atoms with Crippen molar-refractivity contribution in [2.75, 3.05) is 11.9 Å². The van der Waals surface area contributed by atoms with Crippen molar-refractivity contribution in [3.05, 3.63) is 63.6 Å². The molecule has 0 amide bonds. The Hall–Kier alpha value is -1.22. The molecule has 0 aliphatic rings. The quantitative estimate of drug-likeness (QED) is 0.873. The Balaban J connectivity index is 2.07. The third-order valence-corrected chi connectivity index (χ3v) is 3.77. The van der Waals surface area contributed by atoms with Gasteiger partial charge in [0.2, 0.25) is 0 Å². The number of aliphatic hydroxyl groups is 1. The average Bonchev–Trinajstić information content (AvgIpc) is 2.40. The van der Waals surface area contributed by atoms with Crippen molar-refractivity contribution in [1.82, 2.24) is 0 Å². The van der Waals surface area contributed by atoms with Crippen LogP contribution in [0.1, 0.15) is 17.2 Å². The van der Waals surface area contributed by atoms with Gasteiger partial charge in [-0.3, -0.25) is 0 Å². The van der Waals surface area contributed by atoms with Gasteiger partial charge in [-0.05, 0) is 30.7 Å². The van der Waals surface area contributed by atoms with E-state index in [4.69, 9.17) is 23.2 Å². The van der Waals surface area contributed by atoms with Gasteiger partial charge in [0, 0.05) is 27.8 Å². The lowest BCUT2D eigenvalue weighted by Crippen LogP contribution is -2.13. The highest BCUT2D eigenvalue weighted by molar-refractivity contribution is 6.31. The van der Waals surface area contributed by atoms with Gasteiger partial charge < -0.3 is 10.4 Å². The van der Waals surface area contributed by atoms with Gasteiger partial charge >= 0.3 is 0 Å². The summed E-state index contributed by atoms with van der Waals surface area (Å²) in [6, 6.07) is 12.9. The number of rotatable bonds is 4. The molecule has 2 aromatic rings. The summed E-state index contributed by atoms with van der Waals surface area (Å²) in [5.41, 5.74) is 2.60. The molecule has 1 unspecified atom stereocenters. The molecule has 0 aliphatic heterocycles. The van der Waals surface area contributed by atoms with Crippen molar-refractivity contribution >= 4 is 28.9 Å². The second kappa shape index (κ2) is 6.29. The van der Waals surface area contributed by atoms with Gasteiger partial charge in [-0.15, -0.1) is 0 Å². The van der Waals surface area contributed by atoms with E-state index in [-0.39, 0.29) is 0 Å². The summed E-state index contributed by atoms with van der Waals surface area (Å²) in [7, 11) is 0. The highest BCUT2D eigenvalue weighted by Crippen LogP contribution is 2.26. The minimum absolute atomic E-state index is 0.380. The molecule has 4 heteroatoms. The lowest BCUT2D eigenvalue weighted by molar-refractivity contribution is 0.191. The van der Waals surface area contributed by atoms with Crippen LogP contribution in [0.4, 0.5) is 5.69 Å². The lowest BCUT2D eigenvalue weighted by Gasteiger charge is -2.16. The first-order chi connectivity index (χ1) is 9.09. The van der Waals surface area contributed by atoms with Crippen LogP contribution in [0.25, 0.3) is 0 Å². The van der Waals surface area contributed by atoms with E-state index < -0.39 is 6.10 Å². The van der Waals surface area contributed by atoms with Crippen molar-refractivity contribution in [2.24, 2.45) is 0 Å². The zero-order chi connectivity index (χ0) is 13.8. The molecule has 2 nitrogen and oxygen atoms in total. The van der Waals surface area contributed by atoms with E-state index in [1.54, 1.807) is 6.07 Å². The summed E-state index contributed by atoms with van der Waals surface area (Å²) >= 11 is 12.1. The molecule has 0 aliphatic carbocycles. The molecule has 0 saturated heterocycles. The summed E-state index contributed by atoms with van der Waals surface area (Å²) < 4.78 is 0. The third kappa shape index (κ3) is 3.41. The highest BCUT2D eigenvalue weighted by Gasteiger charge is 2.11. The minimum Gasteiger partial charge on any atom is -0.387 e. The minimum atomic E-state index is -0.660. The van der Waals surface area contributed by atoms with Crippen molar-refractivity contribution < 1.29 is 5.11 Å². The van der Waals surface area contributed by atoms with Crippen LogP contribution in [0.15, 0.2) is 42.5 Å². The zero-order valence-electron chi connectivity index (χ0n) is 10.5. The predicted octanol–water partition coefficient (Wildman–Crippen LogP) is 4.45. The SMILES string of the molecule is Cc1c(Cl)cccc1NCC(O)c1ccccc1Cl. The second-order valence-electron chi connectivity index (χ2n) is 4.33. The van der Waals surface area contributed by atoms with Crippen molar-refractivity contribution in [2.45, 2.75) is 13.0 Å². The normalized spacial score (nSPS) is 12.2. The van der Waals surface area contributed by atoms with E-state index in [9.17, 15) is 5.11 Å². The number of benzene rings is 2. The van der Waals surface area contributed by atoms with Gasteiger partial charge in [-0.25, -0.2) is 0 Å². The molecule has 2 rings (SSSR count). The van der Waals surface area contributed by atoms with Crippen LogP contribution in [-0.2, 0) is 0 Å². The maximum atomic E-state index is 10.1. The summed E-state index contributed by atoms with van der Waals surface area (Å²) in [5.74, 6) is 0. The van der Waals surface area contributed by atoms with Gasteiger partial charge in [0.1, 0.15) is 0 Å². The summed E-state index contributed by atoms with van der Waals surface area (Å²) in [5, 5.41) is 14.6. The number of hydrogen-bond donors (Lipinski definition) is 2. The largest absolute Gasteiger partial charge is 0.387 e. The zero-order valence-corrected chi connectivity index (χ0v) is 12.0. The molecule has 0 saturated carbocycles. The fourth-order valence-electron chi connectivity index (χ4n) is 1.86. The van der Waals surface area contributed by atoms with E-state index in [0.29, 0.717) is 16.6 Å². The number of aliphatic hydroxyl groups excluding tert-OH is 1. The summed E-state index contributed by atoms with van der Waals surface area (Å²) in [4.78, 5) is 0. The Labute approximate surface area is 123 Å². The van der Waals surface area contributed by atoms with Gasteiger partial charge in [0.15, 0.2) is 0 Å². The van der Waals surface area contributed by atoms with Gasteiger partial charge in [-0.2, -0.15) is 0 Å². The fraction of sp³-hybridized carbons (Fsp3) is 0.200. The molecule has 19 heavy (non-hydrogen) atoms. The van der Waals surface area contributed by atoms with Gasteiger partial charge in [0.25, 0.3) is 0 Å². The molecule has 0 spiro atoms. The Morgan fingerprint density at radius 2 is 1.74 bits per heavy atom. The number of anilines is 1. The molecule has 1 atom stereocenters. The Kier molecular flexibility index (Phi) is 4.70. The van der Waals surface area contributed by atoms with E-state index in [0.717, 1.165) is 16.8 Å². The van der Waals surface area contributed by atoms with Gasteiger partial charge in [-0.1, -0.05) is 47.5 Å². The molecule has 100 valence electrons. The molecular formula is C15H15Cl2NO. The number of halogens is 2. The van der Waals surface area contributed by atoms with Crippen LogP contribution in [0.5, 0.6) is 0 Å². The standard InChI is InChI=1S/C15H15Cl2NO/c1-10-12(16)7-4-8-14(10)18-9-15(19)11-5-2-3-6-13(11)17/h2-8,15,18-19H,9H2,1H3. The first-order valence-corrected chi connectivity index (χ1v) is 6.76. The average molecular weight is 296 g/mol. The fourth-order valence-corrected chi connectivity index (χ4v) is 2.30. The smallest absolute Gasteiger partial charge is 0.0976 e. The monoisotopic (exact) mass is 295 g/mol. The second-order valence-corrected chi connectivity index (χ2v) is 5.15. The molecule has 0 radical (unpaired) electrons. The van der Waals surface area contributed by atoms with Crippen LogP contribution >= 0.6 is 23.2 Å². The van der Waals surface area contributed by atoms with Gasteiger partial charge in [0.05, 0.1) is 6.10 Å². The Morgan fingerprint density at radius 1 is 1.05 bits per heavy atom. The van der Waals surface area contributed by atoms with Crippen LogP contribution in [0.2, 0.25) is 10.0 Å². The maximum Gasteiger partial charge on any atom is 0.0976 e. The molecule has 0 aromatic heterocycles. The first-order valence-electron chi connectivity index (χ1n) is 6.01. The van der Waals surface area contributed by atoms with E-state index >= 15 is 0 Å². The molecule has 2 aromatic carbocycles. The molecular weight excluding hydrogens is 281 g/mol. The van der Waals surface area contributed by atoms with E-state index in [1.165, 1.54) is 0 Å². The number of hydrogen-bond acceptors (Lipinski definition) is 2. The Bertz CT molecular complexity index is 572. The predicted molar refractivity (Wildman–Crippen MR) is 81.1 cm³/mol. The third-order valence-electron chi connectivity index (χ3n) is 3.02. The summed E-state index contributed by atoms with van der Waals surface area (Å²) in [6.07, 6.45) is -0.660. The molecule has 2 N–H and O–H groups in total. The maximum absolute atomic E-state index is 10.1. The van der Waals surface area contributed by atoms with Crippen molar-refractivity contribution in [1.29, 1.82) is 0 Å². The van der Waals surface area contributed by atoms with Crippen LogP contribution < -0.4 is 5.32 Å². The lowest BCUT2D eigenvalue weighted by atomic mass is 10.1. The molecule has 0 bridgehead atoms. The van der Waals surface area contributed by atoms with Crippen LogP contribution in [0.3, 0.4) is 0 Å². The molecule has 0 fully saturated rings.